The van der Waals surface area contributed by atoms with Crippen molar-refractivity contribution in [1.82, 2.24) is 15.0 Å². The van der Waals surface area contributed by atoms with Gasteiger partial charge < -0.3 is 11.2 Å². The van der Waals surface area contributed by atoms with E-state index in [0.29, 0.717) is 17.9 Å². The number of piperidine rings is 1. The topological polar surface area (TPSA) is 67.1 Å². The summed E-state index contributed by atoms with van der Waals surface area (Å²) in [7, 11) is 0. The van der Waals surface area contributed by atoms with E-state index < -0.39 is 0 Å². The number of anilines is 2. The van der Waals surface area contributed by atoms with Crippen LogP contribution in [0.2, 0.25) is 0 Å². The molecule has 3 N–H and O–H groups in total. The summed E-state index contributed by atoms with van der Waals surface area (Å²) in [5.41, 5.74) is 8.81. The SMILES string of the molecule is CC1CCCC(C)N1Nc1cnc(N)cn1. The molecule has 0 amide bonds. The first-order valence-corrected chi connectivity index (χ1v) is 5.79. The average molecular weight is 221 g/mol. The number of hydrogen-bond donors (Lipinski definition) is 2. The molecule has 5 heteroatoms. The van der Waals surface area contributed by atoms with Crippen LogP contribution in [0.3, 0.4) is 0 Å². The lowest BCUT2D eigenvalue weighted by Gasteiger charge is -2.38. The minimum Gasteiger partial charge on any atom is -0.382 e. The van der Waals surface area contributed by atoms with Gasteiger partial charge in [-0.05, 0) is 26.7 Å². The first-order chi connectivity index (χ1) is 7.66. The lowest BCUT2D eigenvalue weighted by Crippen LogP contribution is -2.47. The van der Waals surface area contributed by atoms with Crippen molar-refractivity contribution in [2.75, 3.05) is 11.2 Å². The molecule has 1 aromatic heterocycles. The van der Waals surface area contributed by atoms with E-state index >= 15 is 0 Å². The molecule has 0 aromatic carbocycles. The van der Waals surface area contributed by atoms with E-state index in [0.717, 1.165) is 5.82 Å². The molecule has 88 valence electrons. The minimum absolute atomic E-state index is 0.449. The Kier molecular flexibility index (Phi) is 3.24. The summed E-state index contributed by atoms with van der Waals surface area (Å²) in [4.78, 5) is 8.22. The third-order valence-corrected chi connectivity index (χ3v) is 3.11. The van der Waals surface area contributed by atoms with Crippen LogP contribution in [-0.2, 0) is 0 Å². The predicted molar refractivity (Wildman–Crippen MR) is 64.7 cm³/mol. The minimum atomic E-state index is 0.449. The fourth-order valence-corrected chi connectivity index (χ4v) is 2.17. The third-order valence-electron chi connectivity index (χ3n) is 3.11. The molecule has 0 spiro atoms. The Hall–Kier alpha value is -1.36. The zero-order valence-electron chi connectivity index (χ0n) is 9.85. The lowest BCUT2D eigenvalue weighted by atomic mass is 10.00. The number of nitrogen functional groups attached to an aromatic ring is 1. The standard InChI is InChI=1S/C11H19N5/c1-8-4-3-5-9(2)16(8)15-11-7-13-10(12)6-14-11/h6-9H,3-5H2,1-2H3,(H2,12,13)(H,14,15). The van der Waals surface area contributed by atoms with Crippen molar-refractivity contribution in [3.8, 4) is 0 Å². The molecule has 1 aliphatic rings. The molecule has 1 saturated heterocycles. The Labute approximate surface area is 96.0 Å². The molecular weight excluding hydrogens is 202 g/mol. The lowest BCUT2D eigenvalue weighted by molar-refractivity contribution is 0.135. The van der Waals surface area contributed by atoms with Gasteiger partial charge in [0.25, 0.3) is 0 Å². The summed E-state index contributed by atoms with van der Waals surface area (Å²) in [5, 5.41) is 2.25. The monoisotopic (exact) mass is 221 g/mol. The Morgan fingerprint density at radius 3 is 2.50 bits per heavy atom. The second-order valence-electron chi connectivity index (χ2n) is 4.47. The molecule has 2 unspecified atom stereocenters. The van der Waals surface area contributed by atoms with Gasteiger partial charge in [0, 0.05) is 12.1 Å². The van der Waals surface area contributed by atoms with Crippen LogP contribution in [0, 0.1) is 0 Å². The summed E-state index contributed by atoms with van der Waals surface area (Å²) in [6.07, 6.45) is 6.98. The second kappa shape index (κ2) is 4.65. The van der Waals surface area contributed by atoms with Gasteiger partial charge in [0.15, 0.2) is 5.82 Å². The summed E-state index contributed by atoms with van der Waals surface area (Å²) in [6, 6.07) is 1.06. The molecule has 5 nitrogen and oxygen atoms in total. The predicted octanol–water partition coefficient (Wildman–Crippen LogP) is 1.65. The van der Waals surface area contributed by atoms with Crippen LogP contribution in [0.1, 0.15) is 33.1 Å². The van der Waals surface area contributed by atoms with E-state index in [4.69, 9.17) is 5.73 Å². The van der Waals surface area contributed by atoms with Crippen molar-refractivity contribution in [2.45, 2.75) is 45.2 Å². The maximum Gasteiger partial charge on any atom is 0.159 e. The van der Waals surface area contributed by atoms with Crippen molar-refractivity contribution < 1.29 is 0 Å². The number of nitrogens with two attached hydrogens (primary N) is 1. The number of nitrogens with one attached hydrogen (secondary N) is 1. The first kappa shape index (κ1) is 11.1. The number of aromatic nitrogens is 2. The molecule has 2 rings (SSSR count). The fraction of sp³-hybridized carbons (Fsp3) is 0.636. The third kappa shape index (κ3) is 2.41. The molecular formula is C11H19N5. The van der Waals surface area contributed by atoms with E-state index in [1.807, 2.05) is 0 Å². The zero-order valence-corrected chi connectivity index (χ0v) is 9.85. The normalized spacial score (nSPS) is 26.6. The second-order valence-corrected chi connectivity index (χ2v) is 4.47. The van der Waals surface area contributed by atoms with Crippen LogP contribution in [-0.4, -0.2) is 27.1 Å². The molecule has 1 fully saturated rings. The van der Waals surface area contributed by atoms with E-state index in [-0.39, 0.29) is 0 Å². The van der Waals surface area contributed by atoms with Crippen molar-refractivity contribution in [3.63, 3.8) is 0 Å². The first-order valence-electron chi connectivity index (χ1n) is 5.79. The number of rotatable bonds is 2. The van der Waals surface area contributed by atoms with E-state index in [9.17, 15) is 0 Å². The quantitative estimate of drug-likeness (QED) is 0.794. The maximum atomic E-state index is 5.50. The maximum absolute atomic E-state index is 5.50. The van der Waals surface area contributed by atoms with Crippen LogP contribution >= 0.6 is 0 Å². The van der Waals surface area contributed by atoms with Gasteiger partial charge in [-0.2, -0.15) is 0 Å². The highest BCUT2D eigenvalue weighted by Gasteiger charge is 2.24. The molecule has 0 radical (unpaired) electrons. The summed E-state index contributed by atoms with van der Waals surface area (Å²) < 4.78 is 0. The van der Waals surface area contributed by atoms with Gasteiger partial charge in [0.1, 0.15) is 5.82 Å². The molecule has 0 aliphatic carbocycles. The molecule has 0 saturated carbocycles. The molecule has 2 atom stereocenters. The van der Waals surface area contributed by atoms with Gasteiger partial charge in [0.05, 0.1) is 12.4 Å². The largest absolute Gasteiger partial charge is 0.382 e. The van der Waals surface area contributed by atoms with Crippen LogP contribution in [0.5, 0.6) is 0 Å². The molecule has 16 heavy (non-hydrogen) atoms. The van der Waals surface area contributed by atoms with Crippen LogP contribution in [0.25, 0.3) is 0 Å². The van der Waals surface area contributed by atoms with E-state index in [2.05, 4.69) is 34.3 Å². The average Bonchev–Trinajstić information content (AvgIpc) is 2.26. The van der Waals surface area contributed by atoms with Gasteiger partial charge in [0.2, 0.25) is 0 Å². The van der Waals surface area contributed by atoms with Gasteiger partial charge >= 0.3 is 0 Å². The summed E-state index contributed by atoms with van der Waals surface area (Å²) in [6.45, 7) is 4.46. The van der Waals surface area contributed by atoms with Crippen molar-refractivity contribution in [3.05, 3.63) is 12.4 Å². The molecule has 0 bridgehead atoms. The van der Waals surface area contributed by atoms with Gasteiger partial charge in [-0.25, -0.2) is 15.0 Å². The number of hydrazine groups is 1. The molecule has 1 aromatic rings. The van der Waals surface area contributed by atoms with Crippen LogP contribution < -0.4 is 11.2 Å². The smallest absolute Gasteiger partial charge is 0.159 e. The van der Waals surface area contributed by atoms with Crippen LogP contribution in [0.15, 0.2) is 12.4 Å². The van der Waals surface area contributed by atoms with E-state index in [1.165, 1.54) is 19.3 Å². The summed E-state index contributed by atoms with van der Waals surface area (Å²) in [5.74, 6) is 1.21. The van der Waals surface area contributed by atoms with Crippen molar-refractivity contribution in [2.24, 2.45) is 0 Å². The highest BCUT2D eigenvalue weighted by molar-refractivity contribution is 5.35. The Balaban J connectivity index is 2.04. The fourth-order valence-electron chi connectivity index (χ4n) is 2.17. The summed E-state index contributed by atoms with van der Waals surface area (Å²) >= 11 is 0. The van der Waals surface area contributed by atoms with Crippen molar-refractivity contribution in [1.29, 1.82) is 0 Å². The Bertz CT molecular complexity index is 327. The van der Waals surface area contributed by atoms with Gasteiger partial charge in [-0.3, -0.25) is 0 Å². The van der Waals surface area contributed by atoms with Crippen LogP contribution in [0.4, 0.5) is 11.6 Å². The van der Waals surface area contributed by atoms with Gasteiger partial charge in [-0.1, -0.05) is 6.42 Å². The van der Waals surface area contributed by atoms with Crippen molar-refractivity contribution >= 4 is 11.6 Å². The highest BCUT2D eigenvalue weighted by atomic mass is 15.5. The zero-order chi connectivity index (χ0) is 11.5. The van der Waals surface area contributed by atoms with E-state index in [1.54, 1.807) is 12.4 Å². The molecule has 2 heterocycles. The highest BCUT2D eigenvalue weighted by Crippen LogP contribution is 2.22. The number of nitrogens with zero attached hydrogens (tertiary/aromatic N) is 3. The Morgan fingerprint density at radius 1 is 1.25 bits per heavy atom. The number of hydrogen-bond acceptors (Lipinski definition) is 5. The molecule has 1 aliphatic heterocycles. The van der Waals surface area contributed by atoms with Gasteiger partial charge in [-0.15, -0.1) is 0 Å². The Morgan fingerprint density at radius 2 is 1.94 bits per heavy atom.